The number of hydrogen-bond donors (Lipinski definition) is 3. The molecule has 25 heavy (non-hydrogen) atoms. The zero-order chi connectivity index (χ0) is 17.6. The van der Waals surface area contributed by atoms with Crippen LogP contribution in [0.15, 0.2) is 28.8 Å². The Morgan fingerprint density at radius 1 is 1.28 bits per heavy atom. The van der Waals surface area contributed by atoms with Gasteiger partial charge in [0.2, 0.25) is 0 Å². The molecule has 2 aromatic rings. The van der Waals surface area contributed by atoms with E-state index in [4.69, 9.17) is 4.52 Å². The van der Waals surface area contributed by atoms with E-state index in [2.05, 4.69) is 15.8 Å². The van der Waals surface area contributed by atoms with Crippen LogP contribution in [0, 0.1) is 0 Å². The summed E-state index contributed by atoms with van der Waals surface area (Å²) in [7, 11) is 0. The van der Waals surface area contributed by atoms with Crippen molar-refractivity contribution in [2.24, 2.45) is 0 Å². The van der Waals surface area contributed by atoms with E-state index in [-0.39, 0.29) is 18.6 Å². The van der Waals surface area contributed by atoms with E-state index in [9.17, 15) is 9.90 Å². The van der Waals surface area contributed by atoms with Crippen LogP contribution < -0.4 is 10.6 Å². The van der Waals surface area contributed by atoms with Gasteiger partial charge in [0.15, 0.2) is 0 Å². The van der Waals surface area contributed by atoms with Crippen molar-refractivity contribution in [3.8, 4) is 0 Å². The third-order valence-corrected chi connectivity index (χ3v) is 4.69. The molecule has 0 saturated heterocycles. The maximum atomic E-state index is 12.1. The van der Waals surface area contributed by atoms with Gasteiger partial charge >= 0.3 is 0 Å². The second kappa shape index (κ2) is 8.16. The quantitative estimate of drug-likeness (QED) is 0.719. The molecule has 1 aliphatic carbocycles. The van der Waals surface area contributed by atoms with E-state index in [1.807, 2.05) is 19.1 Å². The molecule has 6 heteroatoms. The molecule has 1 unspecified atom stereocenters. The summed E-state index contributed by atoms with van der Waals surface area (Å²) in [4.78, 5) is 12.1. The normalized spacial score (nSPS) is 14.6. The number of nitrogens with one attached hydrogen (secondary N) is 2. The largest absolute Gasteiger partial charge is 0.394 e. The molecule has 134 valence electrons. The molecule has 1 aromatic heterocycles. The minimum absolute atomic E-state index is 0.0517. The van der Waals surface area contributed by atoms with Crippen LogP contribution in [0.5, 0.6) is 0 Å². The Balaban J connectivity index is 1.57. The SMILES string of the molecule is CCC(CO)NC(=O)c1ccc(NCc2noc3c2CCCC3)cc1. The summed E-state index contributed by atoms with van der Waals surface area (Å²) < 4.78 is 5.42. The summed E-state index contributed by atoms with van der Waals surface area (Å²) in [6.07, 6.45) is 5.09. The highest BCUT2D eigenvalue weighted by Gasteiger charge is 2.19. The number of aliphatic hydroxyl groups is 1. The summed E-state index contributed by atoms with van der Waals surface area (Å²) in [6, 6.07) is 7.10. The minimum Gasteiger partial charge on any atom is -0.394 e. The van der Waals surface area contributed by atoms with Gasteiger partial charge in [-0.25, -0.2) is 0 Å². The second-order valence-corrected chi connectivity index (χ2v) is 6.43. The molecule has 3 N–H and O–H groups in total. The summed E-state index contributed by atoms with van der Waals surface area (Å²) in [5.74, 6) is 0.863. The molecule has 0 fully saturated rings. The maximum Gasteiger partial charge on any atom is 0.251 e. The molecule has 6 nitrogen and oxygen atoms in total. The van der Waals surface area contributed by atoms with Crippen molar-refractivity contribution in [2.75, 3.05) is 11.9 Å². The first-order valence-electron chi connectivity index (χ1n) is 8.93. The molecule has 1 amide bonds. The van der Waals surface area contributed by atoms with Crippen molar-refractivity contribution in [2.45, 2.75) is 51.6 Å². The van der Waals surface area contributed by atoms with Crippen molar-refractivity contribution >= 4 is 11.6 Å². The Labute approximate surface area is 147 Å². The van der Waals surface area contributed by atoms with Crippen LogP contribution in [0.2, 0.25) is 0 Å². The van der Waals surface area contributed by atoms with Gasteiger partial charge in [-0.05, 0) is 49.9 Å². The minimum atomic E-state index is -0.205. The van der Waals surface area contributed by atoms with Gasteiger partial charge in [-0.15, -0.1) is 0 Å². The standard InChI is InChI=1S/C19H25N3O3/c1-2-14(12-23)21-19(24)13-7-9-15(10-8-13)20-11-17-16-5-3-4-6-18(16)25-22-17/h7-10,14,20,23H,2-6,11-12H2,1H3,(H,21,24). The van der Waals surface area contributed by atoms with Gasteiger partial charge in [0.05, 0.1) is 19.2 Å². The molecule has 0 radical (unpaired) electrons. The van der Waals surface area contributed by atoms with Gasteiger partial charge in [-0.1, -0.05) is 12.1 Å². The third-order valence-electron chi connectivity index (χ3n) is 4.69. The first-order chi connectivity index (χ1) is 12.2. The van der Waals surface area contributed by atoms with Crippen molar-refractivity contribution in [3.05, 3.63) is 46.8 Å². The van der Waals surface area contributed by atoms with Gasteiger partial charge in [0, 0.05) is 23.2 Å². The van der Waals surface area contributed by atoms with Crippen molar-refractivity contribution in [3.63, 3.8) is 0 Å². The Morgan fingerprint density at radius 2 is 2.04 bits per heavy atom. The number of benzene rings is 1. The molecule has 0 saturated carbocycles. The molecule has 1 heterocycles. The van der Waals surface area contributed by atoms with E-state index in [1.54, 1.807) is 12.1 Å². The van der Waals surface area contributed by atoms with Crippen LogP contribution in [0.4, 0.5) is 5.69 Å². The van der Waals surface area contributed by atoms with Crippen LogP contribution in [0.25, 0.3) is 0 Å². The average molecular weight is 343 g/mol. The number of amides is 1. The van der Waals surface area contributed by atoms with E-state index in [0.29, 0.717) is 18.5 Å². The smallest absolute Gasteiger partial charge is 0.251 e. The lowest BCUT2D eigenvalue weighted by Crippen LogP contribution is -2.36. The third kappa shape index (κ3) is 4.20. The van der Waals surface area contributed by atoms with E-state index in [0.717, 1.165) is 30.0 Å². The molecule has 0 aliphatic heterocycles. The summed E-state index contributed by atoms with van der Waals surface area (Å²) >= 11 is 0. The fourth-order valence-corrected chi connectivity index (χ4v) is 3.06. The Morgan fingerprint density at radius 3 is 2.76 bits per heavy atom. The van der Waals surface area contributed by atoms with Gasteiger partial charge in [0.25, 0.3) is 5.91 Å². The number of rotatable bonds is 7. The van der Waals surface area contributed by atoms with E-state index < -0.39 is 0 Å². The Hall–Kier alpha value is -2.34. The van der Waals surface area contributed by atoms with E-state index >= 15 is 0 Å². The number of carbonyl (C=O) groups excluding carboxylic acids is 1. The predicted molar refractivity (Wildman–Crippen MR) is 95.5 cm³/mol. The number of carbonyl (C=O) groups is 1. The van der Waals surface area contributed by atoms with Crippen molar-refractivity contribution in [1.29, 1.82) is 0 Å². The van der Waals surface area contributed by atoms with Gasteiger partial charge in [-0.2, -0.15) is 0 Å². The number of hydrogen-bond acceptors (Lipinski definition) is 5. The first-order valence-corrected chi connectivity index (χ1v) is 8.93. The van der Waals surface area contributed by atoms with Crippen LogP contribution >= 0.6 is 0 Å². The summed E-state index contributed by atoms with van der Waals surface area (Å²) in [6.45, 7) is 2.49. The fraction of sp³-hybridized carbons (Fsp3) is 0.474. The van der Waals surface area contributed by atoms with E-state index in [1.165, 1.54) is 18.4 Å². The second-order valence-electron chi connectivity index (χ2n) is 6.43. The highest BCUT2D eigenvalue weighted by atomic mass is 16.5. The molecular weight excluding hydrogens is 318 g/mol. The van der Waals surface area contributed by atoms with Crippen molar-refractivity contribution in [1.82, 2.24) is 10.5 Å². The average Bonchev–Trinajstić information content (AvgIpc) is 3.08. The summed E-state index contributed by atoms with van der Waals surface area (Å²) in [5.41, 5.74) is 3.74. The molecule has 0 spiro atoms. The van der Waals surface area contributed by atoms with Crippen LogP contribution in [-0.2, 0) is 19.4 Å². The highest BCUT2D eigenvalue weighted by molar-refractivity contribution is 5.94. The lowest BCUT2D eigenvalue weighted by molar-refractivity contribution is 0.0915. The van der Waals surface area contributed by atoms with Gasteiger partial charge < -0.3 is 20.3 Å². The number of fused-ring (bicyclic) bond motifs is 1. The van der Waals surface area contributed by atoms with Gasteiger partial charge in [-0.3, -0.25) is 4.79 Å². The van der Waals surface area contributed by atoms with Crippen LogP contribution in [0.3, 0.4) is 0 Å². The summed E-state index contributed by atoms with van der Waals surface area (Å²) in [5, 5.41) is 19.5. The zero-order valence-corrected chi connectivity index (χ0v) is 14.5. The Bertz CT molecular complexity index is 705. The zero-order valence-electron chi connectivity index (χ0n) is 14.5. The molecular formula is C19H25N3O3. The lowest BCUT2D eigenvalue weighted by Gasteiger charge is -2.14. The van der Waals surface area contributed by atoms with Gasteiger partial charge in [0.1, 0.15) is 11.5 Å². The Kier molecular flexibility index (Phi) is 5.71. The fourth-order valence-electron chi connectivity index (χ4n) is 3.06. The molecule has 3 rings (SSSR count). The number of anilines is 1. The number of aryl methyl sites for hydroxylation is 1. The molecule has 1 aliphatic rings. The maximum absolute atomic E-state index is 12.1. The first kappa shape index (κ1) is 17.5. The monoisotopic (exact) mass is 343 g/mol. The predicted octanol–water partition coefficient (Wildman–Crippen LogP) is 2.67. The van der Waals surface area contributed by atoms with Crippen LogP contribution in [-0.4, -0.2) is 28.8 Å². The number of nitrogens with zero attached hydrogens (tertiary/aromatic N) is 1. The highest BCUT2D eigenvalue weighted by Crippen LogP contribution is 2.24. The van der Waals surface area contributed by atoms with Crippen molar-refractivity contribution < 1.29 is 14.4 Å². The number of aliphatic hydroxyl groups excluding tert-OH is 1. The lowest BCUT2D eigenvalue weighted by atomic mass is 9.96. The molecule has 0 bridgehead atoms. The molecule has 1 aromatic carbocycles. The van der Waals surface area contributed by atoms with Crippen LogP contribution in [0.1, 0.15) is 53.6 Å². The topological polar surface area (TPSA) is 87.4 Å². The number of aromatic nitrogens is 1. The molecule has 1 atom stereocenters.